The van der Waals surface area contributed by atoms with Crippen molar-refractivity contribution in [3.05, 3.63) is 42.2 Å². The molecule has 1 aromatic carbocycles. The Morgan fingerprint density at radius 3 is 3.00 bits per heavy atom. The topological polar surface area (TPSA) is 56.3 Å². The Hall–Kier alpha value is -2.34. The van der Waals surface area contributed by atoms with Gasteiger partial charge in [-0.3, -0.25) is 4.98 Å². The van der Waals surface area contributed by atoms with Gasteiger partial charge >= 0.3 is 0 Å². The van der Waals surface area contributed by atoms with Gasteiger partial charge in [0.1, 0.15) is 0 Å². The van der Waals surface area contributed by atoms with Gasteiger partial charge in [-0.2, -0.15) is 0 Å². The molecule has 3 aromatic rings. The van der Waals surface area contributed by atoms with E-state index in [0.29, 0.717) is 13.3 Å². The zero-order chi connectivity index (χ0) is 13.4. The van der Waals surface area contributed by atoms with Crippen LogP contribution in [0.4, 0.5) is 5.13 Å². The number of aromatic nitrogens is 2. The molecule has 0 aliphatic carbocycles. The highest BCUT2D eigenvalue weighted by Gasteiger charge is 2.16. The maximum absolute atomic E-state index is 5.37. The largest absolute Gasteiger partial charge is 0.454 e. The van der Waals surface area contributed by atoms with E-state index in [9.17, 15) is 0 Å². The molecule has 0 atom stereocenters. The minimum atomic E-state index is 0.290. The zero-order valence-electron chi connectivity index (χ0n) is 10.5. The summed E-state index contributed by atoms with van der Waals surface area (Å²) in [5.74, 6) is 1.56. The summed E-state index contributed by atoms with van der Waals surface area (Å²) < 4.78 is 11.8. The average Bonchev–Trinajstić information content (AvgIpc) is 3.08. The summed E-state index contributed by atoms with van der Waals surface area (Å²) in [6.45, 7) is 0.999. The summed E-state index contributed by atoms with van der Waals surface area (Å²) in [5.41, 5.74) is 2.05. The molecule has 3 heterocycles. The first-order valence-corrected chi connectivity index (χ1v) is 7.03. The number of hydrogen-bond acceptors (Lipinski definition) is 6. The zero-order valence-corrected chi connectivity index (χ0v) is 11.3. The fourth-order valence-corrected chi connectivity index (χ4v) is 2.95. The number of ether oxygens (including phenoxy) is 2. The number of benzene rings is 1. The Labute approximate surface area is 119 Å². The van der Waals surface area contributed by atoms with Crippen LogP contribution in [0.2, 0.25) is 0 Å². The fourth-order valence-electron chi connectivity index (χ4n) is 2.07. The van der Waals surface area contributed by atoms with Gasteiger partial charge in [-0.05, 0) is 11.6 Å². The number of pyridine rings is 1. The predicted molar refractivity (Wildman–Crippen MR) is 77.3 cm³/mol. The number of fused-ring (bicyclic) bond motifs is 2. The molecule has 1 aliphatic heterocycles. The van der Waals surface area contributed by atoms with Crippen molar-refractivity contribution in [1.82, 2.24) is 9.97 Å². The summed E-state index contributed by atoms with van der Waals surface area (Å²) in [7, 11) is 0. The fraction of sp³-hybridized carbons (Fsp3) is 0.143. The van der Waals surface area contributed by atoms with Gasteiger partial charge in [-0.1, -0.05) is 17.4 Å². The summed E-state index contributed by atoms with van der Waals surface area (Å²) >= 11 is 1.60. The Bertz CT molecular complexity index is 717. The van der Waals surface area contributed by atoms with Gasteiger partial charge in [0.25, 0.3) is 0 Å². The first-order valence-electron chi connectivity index (χ1n) is 6.21. The predicted octanol–water partition coefficient (Wildman–Crippen LogP) is 3.03. The molecule has 0 fully saturated rings. The lowest BCUT2D eigenvalue weighted by Crippen LogP contribution is -1.98. The molecular formula is C14H11N3O2S. The molecule has 0 amide bonds. The summed E-state index contributed by atoms with van der Waals surface area (Å²) in [6.07, 6.45) is 3.61. The van der Waals surface area contributed by atoms with Crippen molar-refractivity contribution >= 4 is 26.7 Å². The van der Waals surface area contributed by atoms with Crippen molar-refractivity contribution in [3.63, 3.8) is 0 Å². The molecule has 4 rings (SSSR count). The highest BCUT2D eigenvalue weighted by molar-refractivity contribution is 7.22. The van der Waals surface area contributed by atoms with E-state index in [-0.39, 0.29) is 0 Å². The number of nitrogens with one attached hydrogen (secondary N) is 1. The monoisotopic (exact) mass is 285 g/mol. The van der Waals surface area contributed by atoms with E-state index >= 15 is 0 Å². The second kappa shape index (κ2) is 4.64. The summed E-state index contributed by atoms with van der Waals surface area (Å²) in [4.78, 5) is 8.65. The van der Waals surface area contributed by atoms with Gasteiger partial charge in [0.2, 0.25) is 6.79 Å². The van der Waals surface area contributed by atoms with Gasteiger partial charge in [0, 0.05) is 31.1 Å². The lowest BCUT2D eigenvalue weighted by molar-refractivity contribution is 0.174. The summed E-state index contributed by atoms with van der Waals surface area (Å²) in [5, 5.41) is 4.19. The SMILES string of the molecule is c1cncc(CNc2nc3cc4c(cc3s2)OCO4)c1. The van der Waals surface area contributed by atoms with Crippen LogP contribution in [0.25, 0.3) is 10.2 Å². The second-order valence-corrected chi connectivity index (χ2v) is 5.44. The maximum atomic E-state index is 5.37. The molecule has 0 saturated carbocycles. The van der Waals surface area contributed by atoms with Crippen molar-refractivity contribution in [3.8, 4) is 11.5 Å². The molecule has 1 aliphatic rings. The normalized spacial score (nSPS) is 12.8. The van der Waals surface area contributed by atoms with Gasteiger partial charge in [-0.25, -0.2) is 4.98 Å². The van der Waals surface area contributed by atoms with Crippen molar-refractivity contribution in [2.45, 2.75) is 6.54 Å². The Morgan fingerprint density at radius 2 is 2.15 bits per heavy atom. The van der Waals surface area contributed by atoms with Crippen molar-refractivity contribution in [2.24, 2.45) is 0 Å². The van der Waals surface area contributed by atoms with Crippen LogP contribution in [-0.4, -0.2) is 16.8 Å². The van der Waals surface area contributed by atoms with Crippen molar-refractivity contribution < 1.29 is 9.47 Å². The Morgan fingerprint density at radius 1 is 1.25 bits per heavy atom. The standard InChI is InChI=1S/C14H11N3O2S/c1-2-9(6-15-3-1)7-16-14-17-10-4-11-12(19-8-18-11)5-13(10)20-14/h1-6H,7-8H2,(H,16,17). The molecule has 100 valence electrons. The highest BCUT2D eigenvalue weighted by atomic mass is 32.1. The molecule has 5 nitrogen and oxygen atoms in total. The van der Waals surface area contributed by atoms with Crippen LogP contribution in [0.5, 0.6) is 11.5 Å². The highest BCUT2D eigenvalue weighted by Crippen LogP contribution is 2.38. The van der Waals surface area contributed by atoms with E-state index in [1.165, 1.54) is 0 Å². The van der Waals surface area contributed by atoms with E-state index < -0.39 is 0 Å². The maximum Gasteiger partial charge on any atom is 0.231 e. The molecule has 0 radical (unpaired) electrons. The first-order chi connectivity index (χ1) is 9.88. The van der Waals surface area contributed by atoms with Gasteiger partial charge in [0.15, 0.2) is 16.6 Å². The van der Waals surface area contributed by atoms with Crippen LogP contribution in [0.3, 0.4) is 0 Å². The summed E-state index contributed by atoms with van der Waals surface area (Å²) in [6, 6.07) is 7.85. The molecule has 6 heteroatoms. The third-order valence-electron chi connectivity index (χ3n) is 3.05. The van der Waals surface area contributed by atoms with Gasteiger partial charge in [0.05, 0.1) is 10.2 Å². The third-order valence-corrected chi connectivity index (χ3v) is 4.03. The van der Waals surface area contributed by atoms with Crippen LogP contribution in [0.15, 0.2) is 36.7 Å². The Kier molecular flexibility index (Phi) is 2.67. The van der Waals surface area contributed by atoms with Gasteiger partial charge in [-0.15, -0.1) is 0 Å². The van der Waals surface area contributed by atoms with E-state index in [1.807, 2.05) is 30.5 Å². The van der Waals surface area contributed by atoms with Crippen LogP contribution in [-0.2, 0) is 6.54 Å². The van der Waals surface area contributed by atoms with Crippen LogP contribution in [0, 0.1) is 0 Å². The number of rotatable bonds is 3. The quantitative estimate of drug-likeness (QED) is 0.801. The van der Waals surface area contributed by atoms with Crippen LogP contribution in [0.1, 0.15) is 5.56 Å². The molecule has 2 aromatic heterocycles. The Balaban J connectivity index is 1.58. The van der Waals surface area contributed by atoms with E-state index in [2.05, 4.69) is 15.3 Å². The number of hydrogen-bond donors (Lipinski definition) is 1. The van der Waals surface area contributed by atoms with Gasteiger partial charge < -0.3 is 14.8 Å². The smallest absolute Gasteiger partial charge is 0.231 e. The number of anilines is 1. The molecular weight excluding hydrogens is 274 g/mol. The molecule has 0 unspecified atom stereocenters. The third kappa shape index (κ3) is 2.04. The molecule has 1 N–H and O–H groups in total. The lowest BCUT2D eigenvalue weighted by atomic mass is 10.3. The number of nitrogens with zero attached hydrogens (tertiary/aromatic N) is 2. The second-order valence-electron chi connectivity index (χ2n) is 4.41. The van der Waals surface area contributed by atoms with E-state index in [0.717, 1.165) is 32.4 Å². The van der Waals surface area contributed by atoms with Crippen LogP contribution < -0.4 is 14.8 Å². The van der Waals surface area contributed by atoms with Crippen LogP contribution >= 0.6 is 11.3 Å². The number of thiazole rings is 1. The molecule has 20 heavy (non-hydrogen) atoms. The average molecular weight is 285 g/mol. The molecule has 0 bridgehead atoms. The first kappa shape index (κ1) is 11.5. The molecule has 0 saturated heterocycles. The minimum Gasteiger partial charge on any atom is -0.454 e. The lowest BCUT2D eigenvalue weighted by Gasteiger charge is -2.00. The van der Waals surface area contributed by atoms with E-state index in [1.54, 1.807) is 17.5 Å². The minimum absolute atomic E-state index is 0.290. The molecule has 0 spiro atoms. The van der Waals surface area contributed by atoms with Crippen molar-refractivity contribution in [2.75, 3.05) is 12.1 Å². The van der Waals surface area contributed by atoms with E-state index in [4.69, 9.17) is 9.47 Å². The van der Waals surface area contributed by atoms with Crippen molar-refractivity contribution in [1.29, 1.82) is 0 Å².